The van der Waals surface area contributed by atoms with E-state index in [1.165, 1.54) is 38.1 Å². The molecule has 0 aliphatic heterocycles. The molecule has 0 radical (unpaired) electrons. The number of benzene rings is 9. The summed E-state index contributed by atoms with van der Waals surface area (Å²) in [5.74, 6) is 2.46. The number of aromatic nitrogens is 4. The molecular weight excluding hydrogens is 789 g/mol. The monoisotopic (exact) mass is 822 g/mol. The maximum Gasteiger partial charge on any atom is 0.227 e. The van der Waals surface area contributed by atoms with Gasteiger partial charge in [-0.1, -0.05) is 164 Å². The molecule has 3 heterocycles. The highest BCUT2D eigenvalue weighted by molar-refractivity contribution is 7.26. The van der Waals surface area contributed by atoms with Gasteiger partial charge in [0, 0.05) is 42.4 Å². The first-order valence-corrected chi connectivity index (χ1v) is 21.9. The van der Waals surface area contributed by atoms with E-state index in [2.05, 4.69) is 152 Å². The molecule has 294 valence electrons. The number of rotatable bonds is 6. The lowest BCUT2D eigenvalue weighted by Crippen LogP contribution is -2.28. The number of nitrogens with zero attached hydrogens (tertiary/aromatic N) is 4. The molecule has 3 aromatic heterocycles. The van der Waals surface area contributed by atoms with Crippen LogP contribution >= 0.6 is 11.3 Å². The number of thiophene rings is 1. The van der Waals surface area contributed by atoms with Gasteiger partial charge in [0.25, 0.3) is 0 Å². The van der Waals surface area contributed by atoms with Crippen LogP contribution in [0.25, 0.3) is 98.8 Å². The predicted molar refractivity (Wildman–Crippen MR) is 257 cm³/mol. The highest BCUT2D eigenvalue weighted by Crippen LogP contribution is 2.56. The first-order chi connectivity index (χ1) is 31.2. The van der Waals surface area contributed by atoms with Crippen LogP contribution in [0.4, 0.5) is 0 Å². The number of hydrogen-bond acceptors (Lipinski definition) is 6. The van der Waals surface area contributed by atoms with Gasteiger partial charge in [-0.2, -0.15) is 0 Å². The molecule has 0 atom stereocenters. The van der Waals surface area contributed by atoms with Crippen molar-refractivity contribution in [3.8, 4) is 56.7 Å². The van der Waals surface area contributed by atoms with Crippen molar-refractivity contribution in [2.24, 2.45) is 0 Å². The maximum absolute atomic E-state index is 6.37. The summed E-state index contributed by atoms with van der Waals surface area (Å²) in [5.41, 5.74) is 12.1. The molecule has 1 aliphatic carbocycles. The van der Waals surface area contributed by atoms with Crippen molar-refractivity contribution in [1.82, 2.24) is 19.9 Å². The van der Waals surface area contributed by atoms with Crippen molar-refractivity contribution in [3.63, 3.8) is 0 Å². The van der Waals surface area contributed by atoms with Crippen LogP contribution in [0.5, 0.6) is 0 Å². The highest BCUT2D eigenvalue weighted by Gasteiger charge is 2.46. The van der Waals surface area contributed by atoms with Crippen molar-refractivity contribution in [2.45, 2.75) is 5.41 Å². The van der Waals surface area contributed by atoms with Gasteiger partial charge in [-0.25, -0.2) is 19.9 Å². The average Bonchev–Trinajstić information content (AvgIpc) is 4.06. The Morgan fingerprint density at radius 1 is 0.397 bits per heavy atom. The number of fused-ring (bicyclic) bond motifs is 10. The Balaban J connectivity index is 1.03. The van der Waals surface area contributed by atoms with Crippen LogP contribution in [0.3, 0.4) is 0 Å². The lowest BCUT2D eigenvalue weighted by atomic mass is 9.67. The Morgan fingerprint density at radius 3 is 1.65 bits per heavy atom. The van der Waals surface area contributed by atoms with Gasteiger partial charge < -0.3 is 4.42 Å². The highest BCUT2D eigenvalue weighted by atomic mass is 32.1. The fourth-order valence-electron chi connectivity index (χ4n) is 9.84. The molecule has 9 aromatic carbocycles. The third kappa shape index (κ3) is 5.48. The Labute approximate surface area is 366 Å². The molecule has 0 bridgehead atoms. The zero-order valence-electron chi connectivity index (χ0n) is 33.7. The summed E-state index contributed by atoms with van der Waals surface area (Å²) in [6.07, 6.45) is 0. The summed E-state index contributed by atoms with van der Waals surface area (Å²) in [6.45, 7) is 0. The van der Waals surface area contributed by atoms with Gasteiger partial charge in [-0.15, -0.1) is 11.3 Å². The van der Waals surface area contributed by atoms with Crippen molar-refractivity contribution >= 4 is 53.4 Å². The van der Waals surface area contributed by atoms with Crippen LogP contribution in [0.2, 0.25) is 0 Å². The molecule has 5 nitrogen and oxygen atoms in total. The molecule has 12 aromatic rings. The Kier molecular flexibility index (Phi) is 7.92. The summed E-state index contributed by atoms with van der Waals surface area (Å²) in [7, 11) is 0. The SMILES string of the molecule is c1ccc(-c2nc(-c3ccc4c(c3)C(c3ccccc3)(c3ccccc3)c3ccccc3-4)nc(-c3ccc4ccc5sc6ccc7oc(-c8ccccc8)nc7c6c5c4c3)n2)cc1. The van der Waals surface area contributed by atoms with E-state index in [-0.39, 0.29) is 0 Å². The largest absolute Gasteiger partial charge is 0.436 e. The summed E-state index contributed by atoms with van der Waals surface area (Å²) in [5, 5.41) is 4.49. The first-order valence-electron chi connectivity index (χ1n) is 21.1. The number of hydrogen-bond donors (Lipinski definition) is 0. The smallest absolute Gasteiger partial charge is 0.227 e. The molecule has 0 saturated heterocycles. The summed E-state index contributed by atoms with van der Waals surface area (Å²) in [6, 6.07) is 72.8. The summed E-state index contributed by atoms with van der Waals surface area (Å²) >= 11 is 1.78. The Morgan fingerprint density at radius 2 is 0.937 bits per heavy atom. The van der Waals surface area contributed by atoms with Crippen molar-refractivity contribution < 1.29 is 4.42 Å². The molecule has 0 saturated carbocycles. The van der Waals surface area contributed by atoms with Gasteiger partial charge >= 0.3 is 0 Å². The number of oxazole rings is 1. The van der Waals surface area contributed by atoms with E-state index < -0.39 is 5.41 Å². The Bertz CT molecular complexity index is 3690. The quantitative estimate of drug-likeness (QED) is 0.167. The zero-order chi connectivity index (χ0) is 41.5. The molecule has 63 heavy (non-hydrogen) atoms. The van der Waals surface area contributed by atoms with Crippen LogP contribution in [0.1, 0.15) is 22.3 Å². The first kappa shape index (κ1) is 35.7. The van der Waals surface area contributed by atoms with E-state index in [9.17, 15) is 0 Å². The molecule has 0 spiro atoms. The minimum absolute atomic E-state index is 0.549. The van der Waals surface area contributed by atoms with Crippen LogP contribution in [-0.2, 0) is 5.41 Å². The van der Waals surface area contributed by atoms with E-state index >= 15 is 0 Å². The molecule has 1 aliphatic rings. The summed E-state index contributed by atoms with van der Waals surface area (Å²) < 4.78 is 8.72. The van der Waals surface area contributed by atoms with Gasteiger partial charge in [0.2, 0.25) is 5.89 Å². The minimum Gasteiger partial charge on any atom is -0.436 e. The second kappa shape index (κ2) is 14.0. The lowest BCUT2D eigenvalue weighted by molar-refractivity contribution is 0.620. The molecular formula is C57H34N4OS. The second-order valence-electron chi connectivity index (χ2n) is 16.1. The second-order valence-corrected chi connectivity index (χ2v) is 17.2. The van der Waals surface area contributed by atoms with E-state index in [0.29, 0.717) is 23.4 Å². The van der Waals surface area contributed by atoms with Crippen molar-refractivity contribution in [2.75, 3.05) is 0 Å². The average molecular weight is 823 g/mol. The van der Waals surface area contributed by atoms with Crippen LogP contribution in [0.15, 0.2) is 211 Å². The van der Waals surface area contributed by atoms with Crippen LogP contribution < -0.4 is 0 Å². The minimum atomic E-state index is -0.549. The van der Waals surface area contributed by atoms with Gasteiger partial charge in [-0.3, -0.25) is 0 Å². The van der Waals surface area contributed by atoms with Gasteiger partial charge in [0.05, 0.1) is 5.41 Å². The summed E-state index contributed by atoms with van der Waals surface area (Å²) in [4.78, 5) is 20.9. The van der Waals surface area contributed by atoms with Crippen molar-refractivity contribution in [3.05, 3.63) is 229 Å². The standard InChI is InChI=1S/C57H34N4OS/c1-5-15-36(16-6-1)53-59-54(38-26-25-35-28-31-48-50(44(35)33-38)51-49(63-48)32-30-47-52(51)58-56(62-47)37-17-7-2-8-18-37)61-55(60-53)39-27-29-43-42-23-13-14-24-45(42)57(46(43)34-39,40-19-9-3-10-20-40)41-21-11-4-12-22-41/h1-34H. The fourth-order valence-corrected chi connectivity index (χ4v) is 11.0. The lowest BCUT2D eigenvalue weighted by Gasteiger charge is -2.34. The van der Waals surface area contributed by atoms with E-state index in [0.717, 1.165) is 59.6 Å². The third-order valence-corrected chi connectivity index (χ3v) is 13.8. The topological polar surface area (TPSA) is 64.7 Å². The van der Waals surface area contributed by atoms with Gasteiger partial charge in [-0.05, 0) is 86.6 Å². The molecule has 0 amide bonds. The van der Waals surface area contributed by atoms with E-state index in [1.807, 2.05) is 54.6 Å². The maximum atomic E-state index is 6.37. The molecule has 0 unspecified atom stereocenters. The zero-order valence-corrected chi connectivity index (χ0v) is 34.6. The van der Waals surface area contributed by atoms with Crippen molar-refractivity contribution in [1.29, 1.82) is 0 Å². The van der Waals surface area contributed by atoms with E-state index in [4.69, 9.17) is 24.4 Å². The molecule has 6 heteroatoms. The Hall–Kier alpha value is -8.06. The normalized spacial score (nSPS) is 12.9. The van der Waals surface area contributed by atoms with Gasteiger partial charge in [0.1, 0.15) is 5.52 Å². The molecule has 0 N–H and O–H groups in total. The van der Waals surface area contributed by atoms with Crippen LogP contribution in [0, 0.1) is 0 Å². The van der Waals surface area contributed by atoms with E-state index in [1.54, 1.807) is 11.3 Å². The molecule has 0 fully saturated rings. The van der Waals surface area contributed by atoms with Gasteiger partial charge in [0.15, 0.2) is 23.1 Å². The molecule has 13 rings (SSSR count). The fraction of sp³-hybridized carbons (Fsp3) is 0.0175. The predicted octanol–water partition coefficient (Wildman–Crippen LogP) is 14.6. The van der Waals surface area contributed by atoms with Crippen LogP contribution in [-0.4, -0.2) is 19.9 Å². The third-order valence-electron chi connectivity index (χ3n) is 12.6.